The van der Waals surface area contributed by atoms with Crippen LogP contribution >= 0.6 is 15.9 Å². The van der Waals surface area contributed by atoms with Gasteiger partial charge in [-0.3, -0.25) is 19.2 Å². The minimum atomic E-state index is -1.06. The molecule has 0 aliphatic carbocycles. The lowest BCUT2D eigenvalue weighted by atomic mass is 10.3. The molecule has 0 radical (unpaired) electrons. The number of aliphatic carboxylic acids is 2. The van der Waals surface area contributed by atoms with Crippen LogP contribution in [-0.4, -0.2) is 49.9 Å². The summed E-state index contributed by atoms with van der Waals surface area (Å²) in [4.78, 5) is 22.8. The molecule has 8 heteroatoms. The Balaban J connectivity index is 2.92. The smallest absolute Gasteiger partial charge is 0.317 e. The molecular weight excluding hydrogens is 318 g/mol. The third kappa shape index (κ3) is 4.32. The number of carbonyl (C=O) groups is 2. The van der Waals surface area contributed by atoms with E-state index in [-0.39, 0.29) is 19.6 Å². The van der Waals surface area contributed by atoms with Gasteiger partial charge in [0.1, 0.15) is 0 Å². The minimum Gasteiger partial charge on any atom is -0.480 e. The molecule has 0 fully saturated rings. The van der Waals surface area contributed by atoms with E-state index in [1.165, 1.54) is 4.90 Å². The maximum Gasteiger partial charge on any atom is 0.317 e. The molecule has 106 valence electrons. The van der Waals surface area contributed by atoms with Gasteiger partial charge in [-0.15, -0.1) is 0 Å². The van der Waals surface area contributed by atoms with Crippen LogP contribution in [0.2, 0.25) is 0 Å². The van der Waals surface area contributed by atoms with Crippen molar-refractivity contribution in [1.29, 1.82) is 0 Å². The molecule has 1 rings (SSSR count). The fraction of sp³-hybridized carbons (Fsp3) is 0.545. The number of halogens is 1. The summed E-state index contributed by atoms with van der Waals surface area (Å²) >= 11 is 3.42. The molecule has 0 aliphatic heterocycles. The van der Waals surface area contributed by atoms with Crippen molar-refractivity contribution >= 4 is 27.9 Å². The Bertz CT molecular complexity index is 471. The molecule has 0 spiro atoms. The van der Waals surface area contributed by atoms with Gasteiger partial charge in [-0.1, -0.05) is 6.92 Å². The third-order valence-electron chi connectivity index (χ3n) is 2.59. The van der Waals surface area contributed by atoms with Crippen molar-refractivity contribution in [2.45, 2.75) is 19.9 Å². The van der Waals surface area contributed by atoms with Crippen LogP contribution in [-0.2, 0) is 29.6 Å². The zero-order chi connectivity index (χ0) is 14.6. The molecule has 7 nitrogen and oxygen atoms in total. The average molecular weight is 334 g/mol. The zero-order valence-electron chi connectivity index (χ0n) is 10.8. The van der Waals surface area contributed by atoms with Crippen molar-refractivity contribution in [2.75, 3.05) is 13.1 Å². The number of aryl methyl sites for hydroxylation is 2. The second-order valence-electron chi connectivity index (χ2n) is 4.12. The number of rotatable bonds is 7. The Kier molecular flexibility index (Phi) is 5.49. The highest BCUT2D eigenvalue weighted by atomic mass is 79.9. The lowest BCUT2D eigenvalue weighted by molar-refractivity contribution is -0.142. The predicted molar refractivity (Wildman–Crippen MR) is 70.8 cm³/mol. The van der Waals surface area contributed by atoms with Crippen LogP contribution in [0, 0.1) is 0 Å². The van der Waals surface area contributed by atoms with Gasteiger partial charge in [0.15, 0.2) is 0 Å². The molecule has 0 amide bonds. The molecule has 0 atom stereocenters. The maximum atomic E-state index is 10.7. The van der Waals surface area contributed by atoms with Crippen molar-refractivity contribution in [1.82, 2.24) is 14.7 Å². The van der Waals surface area contributed by atoms with Crippen LogP contribution in [0.15, 0.2) is 4.47 Å². The highest BCUT2D eigenvalue weighted by Crippen LogP contribution is 2.22. The Morgan fingerprint density at radius 2 is 1.84 bits per heavy atom. The van der Waals surface area contributed by atoms with E-state index in [0.29, 0.717) is 0 Å². The molecule has 0 aliphatic rings. The highest BCUT2D eigenvalue weighted by Gasteiger charge is 2.19. The number of carboxylic acids is 2. The lowest BCUT2D eigenvalue weighted by Crippen LogP contribution is -2.34. The standard InChI is InChI=1S/C11H16BrN3O4/c1-3-7-11(12)8(14(2)13-7)4-15(5-9(16)17)6-10(18)19/h3-6H2,1-2H3,(H,16,17)(H,18,19). The first-order chi connectivity index (χ1) is 8.85. The van der Waals surface area contributed by atoms with E-state index >= 15 is 0 Å². The number of carboxylic acid groups (broad SMARTS) is 2. The zero-order valence-corrected chi connectivity index (χ0v) is 12.3. The van der Waals surface area contributed by atoms with Crippen molar-refractivity contribution in [3.8, 4) is 0 Å². The van der Waals surface area contributed by atoms with E-state index in [0.717, 1.165) is 22.3 Å². The van der Waals surface area contributed by atoms with E-state index in [2.05, 4.69) is 21.0 Å². The summed E-state index contributed by atoms with van der Waals surface area (Å²) in [6.07, 6.45) is 0.742. The van der Waals surface area contributed by atoms with Gasteiger partial charge in [-0.25, -0.2) is 0 Å². The highest BCUT2D eigenvalue weighted by molar-refractivity contribution is 9.10. The first kappa shape index (κ1) is 15.6. The number of hydrogen-bond donors (Lipinski definition) is 2. The van der Waals surface area contributed by atoms with E-state index in [1.54, 1.807) is 11.7 Å². The van der Waals surface area contributed by atoms with Crippen LogP contribution in [0.3, 0.4) is 0 Å². The van der Waals surface area contributed by atoms with E-state index < -0.39 is 11.9 Å². The Hall–Kier alpha value is -1.41. The van der Waals surface area contributed by atoms with Gasteiger partial charge in [0.25, 0.3) is 0 Å². The molecule has 1 aromatic heterocycles. The third-order valence-corrected chi connectivity index (χ3v) is 3.51. The predicted octanol–water partition coefficient (Wildman–Crippen LogP) is 0.716. The van der Waals surface area contributed by atoms with Gasteiger partial charge >= 0.3 is 11.9 Å². The average Bonchev–Trinajstić information content (AvgIpc) is 2.54. The first-order valence-electron chi connectivity index (χ1n) is 5.71. The van der Waals surface area contributed by atoms with Crippen LogP contribution in [0.4, 0.5) is 0 Å². The maximum absolute atomic E-state index is 10.7. The topological polar surface area (TPSA) is 95.7 Å². The molecule has 19 heavy (non-hydrogen) atoms. The van der Waals surface area contributed by atoms with Crippen molar-refractivity contribution in [2.24, 2.45) is 7.05 Å². The van der Waals surface area contributed by atoms with Crippen LogP contribution in [0.25, 0.3) is 0 Å². The number of nitrogens with zero attached hydrogens (tertiary/aromatic N) is 3. The van der Waals surface area contributed by atoms with Gasteiger partial charge in [0, 0.05) is 13.6 Å². The molecule has 1 heterocycles. The van der Waals surface area contributed by atoms with Gasteiger partial charge in [-0.2, -0.15) is 5.10 Å². The molecule has 0 bridgehead atoms. The van der Waals surface area contributed by atoms with Crippen LogP contribution < -0.4 is 0 Å². The molecule has 0 aromatic carbocycles. The first-order valence-corrected chi connectivity index (χ1v) is 6.50. The molecule has 0 unspecified atom stereocenters. The quantitative estimate of drug-likeness (QED) is 0.763. The summed E-state index contributed by atoms with van der Waals surface area (Å²) in [5, 5.41) is 21.9. The summed E-state index contributed by atoms with van der Waals surface area (Å²) in [6.45, 7) is 1.52. The molecule has 1 aromatic rings. The summed E-state index contributed by atoms with van der Waals surface area (Å²) in [5.41, 5.74) is 1.63. The minimum absolute atomic E-state index is 0.211. The summed E-state index contributed by atoms with van der Waals surface area (Å²) in [6, 6.07) is 0. The second kappa shape index (κ2) is 6.67. The molecule has 0 saturated carbocycles. The summed E-state index contributed by atoms with van der Waals surface area (Å²) in [5.74, 6) is -2.12. The molecular formula is C11H16BrN3O4. The fourth-order valence-corrected chi connectivity index (χ4v) is 2.50. The number of hydrogen-bond acceptors (Lipinski definition) is 4. The number of aromatic nitrogens is 2. The van der Waals surface area contributed by atoms with Crippen LogP contribution in [0.1, 0.15) is 18.3 Å². The Morgan fingerprint density at radius 1 is 1.32 bits per heavy atom. The van der Waals surface area contributed by atoms with Crippen molar-refractivity contribution in [3.05, 3.63) is 15.9 Å². The summed E-state index contributed by atoms with van der Waals surface area (Å²) in [7, 11) is 1.75. The Labute approximate surface area is 118 Å². The monoisotopic (exact) mass is 333 g/mol. The van der Waals surface area contributed by atoms with E-state index in [1.807, 2.05) is 6.92 Å². The fourth-order valence-electron chi connectivity index (χ4n) is 1.75. The van der Waals surface area contributed by atoms with Gasteiger partial charge in [-0.05, 0) is 22.4 Å². The van der Waals surface area contributed by atoms with Gasteiger partial charge in [0.05, 0.1) is 29.0 Å². The molecule has 2 N–H and O–H groups in total. The normalized spacial score (nSPS) is 10.9. The lowest BCUT2D eigenvalue weighted by Gasteiger charge is -2.18. The second-order valence-corrected chi connectivity index (χ2v) is 4.91. The van der Waals surface area contributed by atoms with Gasteiger partial charge < -0.3 is 10.2 Å². The Morgan fingerprint density at radius 3 is 2.21 bits per heavy atom. The van der Waals surface area contributed by atoms with E-state index in [9.17, 15) is 9.59 Å². The van der Waals surface area contributed by atoms with Gasteiger partial charge in [0.2, 0.25) is 0 Å². The molecule has 0 saturated heterocycles. The van der Waals surface area contributed by atoms with Crippen molar-refractivity contribution in [3.63, 3.8) is 0 Å². The largest absolute Gasteiger partial charge is 0.480 e. The van der Waals surface area contributed by atoms with Crippen LogP contribution in [0.5, 0.6) is 0 Å². The SMILES string of the molecule is CCc1nn(C)c(CN(CC(=O)O)CC(=O)O)c1Br. The van der Waals surface area contributed by atoms with Crippen molar-refractivity contribution < 1.29 is 19.8 Å². The summed E-state index contributed by atoms with van der Waals surface area (Å²) < 4.78 is 2.44. The van der Waals surface area contributed by atoms with E-state index in [4.69, 9.17) is 10.2 Å².